The minimum Gasteiger partial charge on any atom is -0.331 e. The van der Waals surface area contributed by atoms with Crippen LogP contribution in [0.2, 0.25) is 5.02 Å². The van der Waals surface area contributed by atoms with Crippen molar-refractivity contribution in [3.63, 3.8) is 0 Å². The summed E-state index contributed by atoms with van der Waals surface area (Å²) >= 11 is 6.20. The van der Waals surface area contributed by atoms with Crippen molar-refractivity contribution in [1.29, 1.82) is 0 Å². The molecule has 0 saturated heterocycles. The Morgan fingerprint density at radius 3 is 2.76 bits per heavy atom. The summed E-state index contributed by atoms with van der Waals surface area (Å²) in [6, 6.07) is 13.1. The number of carbonyl (C=O) groups excluding carboxylic acids is 2. The number of fused-ring (bicyclic) bond motifs is 2. The first kappa shape index (κ1) is 19.2. The number of halogens is 1. The van der Waals surface area contributed by atoms with Crippen LogP contribution in [0, 0.1) is 0 Å². The number of nitrogens with one attached hydrogen (secondary N) is 1. The molecule has 7 heteroatoms. The molecule has 1 unspecified atom stereocenters. The number of pyridine rings is 1. The second-order valence-corrected chi connectivity index (χ2v) is 7.79. The predicted molar refractivity (Wildman–Crippen MR) is 114 cm³/mol. The number of urea groups is 1. The molecule has 1 aliphatic heterocycles. The normalized spacial score (nSPS) is 15.7. The average molecular weight is 409 g/mol. The fraction of sp³-hybridized carbons (Fsp3) is 0.227. The van der Waals surface area contributed by atoms with E-state index in [1.165, 1.54) is 4.90 Å². The van der Waals surface area contributed by atoms with E-state index in [2.05, 4.69) is 10.3 Å². The van der Waals surface area contributed by atoms with E-state index in [1.807, 2.05) is 36.4 Å². The highest BCUT2D eigenvalue weighted by Crippen LogP contribution is 2.32. The topological polar surface area (TPSA) is 65.5 Å². The van der Waals surface area contributed by atoms with Crippen LogP contribution < -0.4 is 5.32 Å². The molecule has 1 atom stereocenters. The zero-order valence-electron chi connectivity index (χ0n) is 16.2. The van der Waals surface area contributed by atoms with Crippen molar-refractivity contribution < 1.29 is 9.59 Å². The third-order valence-corrected chi connectivity index (χ3v) is 5.38. The highest BCUT2D eigenvalue weighted by atomic mass is 35.5. The van der Waals surface area contributed by atoms with Crippen LogP contribution in [0.3, 0.4) is 0 Å². The first-order valence-electron chi connectivity index (χ1n) is 9.32. The van der Waals surface area contributed by atoms with Gasteiger partial charge in [-0.15, -0.1) is 0 Å². The Bertz CT molecular complexity index is 1090. The van der Waals surface area contributed by atoms with Gasteiger partial charge in [-0.3, -0.25) is 9.78 Å². The second kappa shape index (κ2) is 7.72. The summed E-state index contributed by atoms with van der Waals surface area (Å²) in [6.45, 7) is 0.734. The molecule has 0 radical (unpaired) electrons. The quantitative estimate of drug-likeness (QED) is 0.694. The molecule has 148 valence electrons. The Balaban J connectivity index is 1.69. The number of carbonyl (C=O) groups is 2. The van der Waals surface area contributed by atoms with Crippen LogP contribution in [-0.2, 0) is 11.3 Å². The van der Waals surface area contributed by atoms with Gasteiger partial charge in [0, 0.05) is 49.2 Å². The highest BCUT2D eigenvalue weighted by Gasteiger charge is 2.33. The lowest BCUT2D eigenvalue weighted by Gasteiger charge is -2.35. The van der Waals surface area contributed by atoms with Gasteiger partial charge >= 0.3 is 6.03 Å². The van der Waals surface area contributed by atoms with Crippen LogP contribution in [0.25, 0.3) is 10.8 Å². The number of aromatic nitrogens is 1. The van der Waals surface area contributed by atoms with Gasteiger partial charge in [0.1, 0.15) is 0 Å². The van der Waals surface area contributed by atoms with E-state index in [9.17, 15) is 9.59 Å². The van der Waals surface area contributed by atoms with Gasteiger partial charge in [0.2, 0.25) is 5.91 Å². The molecule has 1 N–H and O–H groups in total. The largest absolute Gasteiger partial charge is 0.331 e. The molecule has 0 aliphatic carbocycles. The molecule has 0 spiro atoms. The van der Waals surface area contributed by atoms with E-state index in [4.69, 9.17) is 11.6 Å². The van der Waals surface area contributed by atoms with Crippen molar-refractivity contribution in [1.82, 2.24) is 14.8 Å². The van der Waals surface area contributed by atoms with Gasteiger partial charge in [-0.05, 0) is 23.3 Å². The molecule has 2 heterocycles. The van der Waals surface area contributed by atoms with Gasteiger partial charge in [-0.2, -0.15) is 0 Å². The number of hydrogen-bond donors (Lipinski definition) is 1. The van der Waals surface area contributed by atoms with Gasteiger partial charge in [0.15, 0.2) is 0 Å². The van der Waals surface area contributed by atoms with Crippen molar-refractivity contribution in [3.05, 3.63) is 71.0 Å². The van der Waals surface area contributed by atoms with Crippen LogP contribution in [-0.4, -0.2) is 47.4 Å². The van der Waals surface area contributed by atoms with E-state index in [-0.39, 0.29) is 18.5 Å². The molecule has 0 bridgehead atoms. The fourth-order valence-corrected chi connectivity index (χ4v) is 3.89. The van der Waals surface area contributed by atoms with Crippen LogP contribution >= 0.6 is 11.6 Å². The summed E-state index contributed by atoms with van der Waals surface area (Å²) in [5.74, 6) is -0.719. The standard InChI is InChI=1S/C22H21ClN4O2/c1-26(2)22(29)27-12-15-7-8-16(23)9-18(15)19(13-27)21(28)25-20-11-24-10-14-5-3-4-6-17(14)20/h3-11,19H,12-13H2,1-2H3,(H,25,28). The molecule has 4 rings (SSSR count). The monoisotopic (exact) mass is 408 g/mol. The van der Waals surface area contributed by atoms with Crippen LogP contribution in [0.4, 0.5) is 10.5 Å². The third-order valence-electron chi connectivity index (χ3n) is 5.14. The summed E-state index contributed by atoms with van der Waals surface area (Å²) in [5, 5.41) is 5.44. The summed E-state index contributed by atoms with van der Waals surface area (Å²) < 4.78 is 0. The number of rotatable bonds is 2. The lowest BCUT2D eigenvalue weighted by molar-refractivity contribution is -0.118. The summed E-state index contributed by atoms with van der Waals surface area (Å²) in [4.78, 5) is 33.3. The maximum Gasteiger partial charge on any atom is 0.319 e. The van der Waals surface area contributed by atoms with Crippen molar-refractivity contribution in [3.8, 4) is 0 Å². The van der Waals surface area contributed by atoms with Gasteiger partial charge < -0.3 is 15.1 Å². The lowest BCUT2D eigenvalue weighted by Crippen LogP contribution is -2.46. The van der Waals surface area contributed by atoms with E-state index in [0.717, 1.165) is 21.9 Å². The van der Waals surface area contributed by atoms with E-state index in [0.29, 0.717) is 17.3 Å². The molecular formula is C22H21ClN4O2. The Labute approximate surface area is 174 Å². The van der Waals surface area contributed by atoms with Crippen LogP contribution in [0.1, 0.15) is 17.0 Å². The smallest absolute Gasteiger partial charge is 0.319 e. The van der Waals surface area contributed by atoms with Gasteiger partial charge in [0.05, 0.1) is 17.8 Å². The molecular weight excluding hydrogens is 388 g/mol. The molecule has 1 aliphatic rings. The van der Waals surface area contributed by atoms with Crippen molar-refractivity contribution in [2.24, 2.45) is 0 Å². The average Bonchev–Trinajstić information content (AvgIpc) is 2.72. The Kier molecular flexibility index (Phi) is 5.11. The first-order chi connectivity index (χ1) is 13.9. The molecule has 0 fully saturated rings. The summed E-state index contributed by atoms with van der Waals surface area (Å²) in [6.07, 6.45) is 3.41. The summed E-state index contributed by atoms with van der Waals surface area (Å²) in [5.41, 5.74) is 2.42. The van der Waals surface area contributed by atoms with E-state index < -0.39 is 5.92 Å². The molecule has 0 saturated carbocycles. The minimum atomic E-state index is -0.527. The predicted octanol–water partition coefficient (Wildman–Crippen LogP) is 4.11. The van der Waals surface area contributed by atoms with Gasteiger partial charge in [-0.25, -0.2) is 4.79 Å². The Morgan fingerprint density at radius 1 is 1.17 bits per heavy atom. The highest BCUT2D eigenvalue weighted by molar-refractivity contribution is 6.30. The Morgan fingerprint density at radius 2 is 1.97 bits per heavy atom. The number of hydrogen-bond acceptors (Lipinski definition) is 3. The van der Waals surface area contributed by atoms with E-state index >= 15 is 0 Å². The molecule has 3 aromatic rings. The lowest BCUT2D eigenvalue weighted by atomic mass is 9.89. The van der Waals surface area contributed by atoms with Gasteiger partial charge in [0.25, 0.3) is 0 Å². The number of benzene rings is 2. The summed E-state index contributed by atoms with van der Waals surface area (Å²) in [7, 11) is 3.41. The third kappa shape index (κ3) is 3.76. The zero-order chi connectivity index (χ0) is 20.5. The molecule has 3 amide bonds. The van der Waals surface area contributed by atoms with Crippen LogP contribution in [0.5, 0.6) is 0 Å². The van der Waals surface area contributed by atoms with E-state index in [1.54, 1.807) is 37.5 Å². The molecule has 29 heavy (non-hydrogen) atoms. The fourth-order valence-electron chi connectivity index (χ4n) is 3.71. The number of amides is 3. The second-order valence-electron chi connectivity index (χ2n) is 7.35. The van der Waals surface area contributed by atoms with Gasteiger partial charge in [-0.1, -0.05) is 41.9 Å². The minimum absolute atomic E-state index is 0.129. The zero-order valence-corrected chi connectivity index (χ0v) is 17.0. The number of nitrogens with zero attached hydrogens (tertiary/aromatic N) is 3. The van der Waals surface area contributed by atoms with Crippen LogP contribution in [0.15, 0.2) is 54.9 Å². The maximum atomic E-state index is 13.3. The van der Waals surface area contributed by atoms with Crippen molar-refractivity contribution in [2.75, 3.05) is 26.0 Å². The SMILES string of the molecule is CN(C)C(=O)N1Cc2ccc(Cl)cc2C(C(=O)Nc2cncc3ccccc23)C1. The molecule has 1 aromatic heterocycles. The Hall–Kier alpha value is -3.12. The molecule has 2 aromatic carbocycles. The van der Waals surface area contributed by atoms with Crippen molar-refractivity contribution in [2.45, 2.75) is 12.5 Å². The maximum absolute atomic E-state index is 13.3. The molecule has 6 nitrogen and oxygen atoms in total. The van der Waals surface area contributed by atoms with Crippen molar-refractivity contribution >= 4 is 40.0 Å². The number of anilines is 1. The first-order valence-corrected chi connectivity index (χ1v) is 9.70.